The van der Waals surface area contributed by atoms with Crippen molar-refractivity contribution in [3.8, 4) is 28.6 Å². The average molecular weight is 661 g/mol. The van der Waals surface area contributed by atoms with E-state index in [1.54, 1.807) is 29.8 Å². The summed E-state index contributed by atoms with van der Waals surface area (Å²) in [5.41, 5.74) is 0.523. The smallest absolute Gasteiger partial charge is 0.370 e. The molecule has 4 heterocycles. The van der Waals surface area contributed by atoms with Crippen LogP contribution in [0.25, 0.3) is 22.5 Å². The van der Waals surface area contributed by atoms with Crippen LogP contribution < -0.4 is 10.2 Å². The van der Waals surface area contributed by atoms with E-state index in [1.807, 2.05) is 19.9 Å². The van der Waals surface area contributed by atoms with Gasteiger partial charge in [-0.1, -0.05) is 20.8 Å². The van der Waals surface area contributed by atoms with Gasteiger partial charge in [0.05, 0.1) is 17.7 Å². The number of carbonyl (C=O) groups excluding carboxylic acids is 1. The van der Waals surface area contributed by atoms with Gasteiger partial charge in [0, 0.05) is 37.8 Å². The number of benzene rings is 2. The molecule has 48 heavy (non-hydrogen) atoms. The predicted molar refractivity (Wildman–Crippen MR) is 173 cm³/mol. The Kier molecular flexibility index (Phi) is 8.96. The fourth-order valence-electron chi connectivity index (χ4n) is 6.50. The number of fused-ring (bicyclic) bond motifs is 1. The Balaban J connectivity index is 1.46. The van der Waals surface area contributed by atoms with E-state index in [4.69, 9.17) is 0 Å². The summed E-state index contributed by atoms with van der Waals surface area (Å²) in [5, 5.41) is 21.0. The number of rotatable bonds is 8. The monoisotopic (exact) mass is 660 g/mol. The largest absolute Gasteiger partial charge is 0.416 e. The molecular weight excluding hydrogens is 624 g/mol. The summed E-state index contributed by atoms with van der Waals surface area (Å²) >= 11 is 0. The van der Waals surface area contributed by atoms with Crippen molar-refractivity contribution in [2.45, 2.75) is 52.9 Å². The lowest BCUT2D eigenvalue weighted by Crippen LogP contribution is -2.33. The van der Waals surface area contributed by atoms with Crippen LogP contribution in [0.1, 0.15) is 66.2 Å². The fraction of sp³-hybridized carbons (Fsp3) is 0.400. The van der Waals surface area contributed by atoms with Crippen LogP contribution in [0.2, 0.25) is 0 Å². The highest BCUT2D eigenvalue weighted by molar-refractivity contribution is 6.10. The number of halogens is 4. The quantitative estimate of drug-likeness (QED) is 0.203. The zero-order valence-electron chi connectivity index (χ0n) is 27.2. The molecule has 13 heteroatoms. The minimum atomic E-state index is -4.67. The highest BCUT2D eigenvalue weighted by Crippen LogP contribution is 2.41. The van der Waals surface area contributed by atoms with E-state index < -0.39 is 23.5 Å². The van der Waals surface area contributed by atoms with Gasteiger partial charge >= 0.3 is 6.18 Å². The SMILES string of the molecule is CC(C)CNc1cc(-c2cc(C#N)c(F)cc2-c2nncn2C)cc(N2Cc3c(cc(CN4CCC[C@H](C)C4)cc3C(F)(F)F)C2=O)n1. The maximum absolute atomic E-state index is 15.0. The number of likely N-dealkylation sites (tertiary alicyclic amines) is 1. The zero-order chi connectivity index (χ0) is 34.3. The van der Waals surface area contributed by atoms with Gasteiger partial charge in [-0.15, -0.1) is 10.2 Å². The highest BCUT2D eigenvalue weighted by atomic mass is 19.4. The van der Waals surface area contributed by atoms with E-state index in [1.165, 1.54) is 29.4 Å². The first kappa shape index (κ1) is 33.1. The number of pyridine rings is 1. The van der Waals surface area contributed by atoms with Gasteiger partial charge in [0.25, 0.3) is 5.91 Å². The molecule has 2 aliphatic rings. The van der Waals surface area contributed by atoms with Crippen molar-refractivity contribution in [1.29, 1.82) is 5.26 Å². The van der Waals surface area contributed by atoms with E-state index in [0.29, 0.717) is 52.9 Å². The number of nitrogens with one attached hydrogen (secondary N) is 1. The summed E-state index contributed by atoms with van der Waals surface area (Å²) in [6.07, 6.45) is -1.15. The van der Waals surface area contributed by atoms with Crippen molar-refractivity contribution in [2.75, 3.05) is 29.9 Å². The molecule has 6 rings (SSSR count). The molecule has 2 aromatic carbocycles. The van der Waals surface area contributed by atoms with Crippen LogP contribution >= 0.6 is 0 Å². The topological polar surface area (TPSA) is 103 Å². The molecule has 1 amide bonds. The first-order valence-corrected chi connectivity index (χ1v) is 15.9. The van der Waals surface area contributed by atoms with E-state index in [-0.39, 0.29) is 35.0 Å². The summed E-state index contributed by atoms with van der Waals surface area (Å²) in [5.74, 6) is 0.147. The van der Waals surface area contributed by atoms with Crippen LogP contribution in [0.3, 0.4) is 0 Å². The minimum Gasteiger partial charge on any atom is -0.370 e. The summed E-state index contributed by atoms with van der Waals surface area (Å²) in [4.78, 5) is 22.1. The number of alkyl halides is 3. The van der Waals surface area contributed by atoms with Gasteiger partial charge in [-0.2, -0.15) is 18.4 Å². The van der Waals surface area contributed by atoms with E-state index in [9.17, 15) is 27.6 Å². The standard InChI is InChI=1S/C35H36F4N8O/c1-20(2)15-41-31-11-23(25-10-24(14-40)30(36)13-26(25)33-44-42-19-45(33)4)12-32(43-31)47-18-28-27(34(47)48)8-22(9-29(28)35(37,38)39)17-46-7-5-6-21(3)16-46/h8-13,19-21H,5-7,15-18H2,1-4H3,(H,41,43)/t21-/m0/s1. The number of piperidine rings is 1. The lowest BCUT2D eigenvalue weighted by molar-refractivity contribution is -0.138. The van der Waals surface area contributed by atoms with Gasteiger partial charge in [-0.25, -0.2) is 9.37 Å². The van der Waals surface area contributed by atoms with Gasteiger partial charge in [-0.3, -0.25) is 14.6 Å². The number of carbonyl (C=O) groups is 1. The third-order valence-electron chi connectivity index (χ3n) is 8.82. The number of nitrogens with zero attached hydrogens (tertiary/aromatic N) is 7. The minimum absolute atomic E-state index is 0.00194. The zero-order valence-corrected chi connectivity index (χ0v) is 27.2. The Hall–Kier alpha value is -4.83. The van der Waals surface area contributed by atoms with Gasteiger partial charge < -0.3 is 9.88 Å². The van der Waals surface area contributed by atoms with E-state index in [0.717, 1.165) is 25.9 Å². The molecule has 1 N–H and O–H groups in total. The van der Waals surface area contributed by atoms with Gasteiger partial charge in [0.1, 0.15) is 29.8 Å². The molecular formula is C35H36F4N8O. The second-order valence-corrected chi connectivity index (χ2v) is 13.2. The van der Waals surface area contributed by atoms with Crippen molar-refractivity contribution < 1.29 is 22.4 Å². The molecule has 2 aromatic heterocycles. The molecule has 250 valence electrons. The summed E-state index contributed by atoms with van der Waals surface area (Å²) in [6.45, 7) is 8.23. The van der Waals surface area contributed by atoms with Crippen molar-refractivity contribution in [1.82, 2.24) is 24.6 Å². The number of hydrogen-bond donors (Lipinski definition) is 1. The molecule has 1 saturated heterocycles. The predicted octanol–water partition coefficient (Wildman–Crippen LogP) is 7.03. The van der Waals surface area contributed by atoms with Crippen LogP contribution in [-0.4, -0.2) is 50.2 Å². The van der Waals surface area contributed by atoms with Crippen molar-refractivity contribution in [3.63, 3.8) is 0 Å². The first-order chi connectivity index (χ1) is 22.8. The molecule has 0 saturated carbocycles. The maximum atomic E-state index is 15.0. The van der Waals surface area contributed by atoms with Crippen molar-refractivity contribution in [3.05, 3.63) is 76.4 Å². The second kappa shape index (κ2) is 13.0. The van der Waals surface area contributed by atoms with Crippen LogP contribution in [-0.2, 0) is 26.3 Å². The normalized spacial score (nSPS) is 16.8. The Labute approximate surface area is 276 Å². The molecule has 1 fully saturated rings. The lowest BCUT2D eigenvalue weighted by Gasteiger charge is -2.31. The lowest BCUT2D eigenvalue weighted by atomic mass is 9.96. The third kappa shape index (κ3) is 6.62. The third-order valence-corrected chi connectivity index (χ3v) is 8.82. The number of hydrogen-bond acceptors (Lipinski definition) is 7. The van der Waals surface area contributed by atoms with E-state index in [2.05, 4.69) is 32.3 Å². The number of anilines is 2. The average Bonchev–Trinajstić information content (AvgIpc) is 3.61. The summed E-state index contributed by atoms with van der Waals surface area (Å²) in [6, 6.07) is 10.5. The number of nitriles is 1. The van der Waals surface area contributed by atoms with E-state index >= 15 is 0 Å². The molecule has 9 nitrogen and oxygen atoms in total. The number of amides is 1. The first-order valence-electron chi connectivity index (χ1n) is 15.9. The molecule has 2 aliphatic heterocycles. The Bertz CT molecular complexity index is 1910. The summed E-state index contributed by atoms with van der Waals surface area (Å²) < 4.78 is 60.1. The number of aryl methyl sites for hydroxylation is 1. The van der Waals surface area contributed by atoms with Crippen molar-refractivity contribution in [2.24, 2.45) is 18.9 Å². The molecule has 4 aromatic rings. The van der Waals surface area contributed by atoms with Crippen LogP contribution in [0.5, 0.6) is 0 Å². The van der Waals surface area contributed by atoms with Gasteiger partial charge in [0.2, 0.25) is 0 Å². The molecule has 0 aliphatic carbocycles. The maximum Gasteiger partial charge on any atom is 0.416 e. The molecule has 0 unspecified atom stereocenters. The second-order valence-electron chi connectivity index (χ2n) is 13.2. The Morgan fingerprint density at radius 3 is 2.56 bits per heavy atom. The van der Waals surface area contributed by atoms with Crippen LogP contribution in [0.15, 0.2) is 42.7 Å². The van der Waals surface area contributed by atoms with Crippen LogP contribution in [0.4, 0.5) is 29.2 Å². The Morgan fingerprint density at radius 1 is 1.10 bits per heavy atom. The molecule has 0 spiro atoms. The number of aromatic nitrogens is 4. The molecule has 1 atom stereocenters. The molecule has 0 radical (unpaired) electrons. The van der Waals surface area contributed by atoms with Crippen LogP contribution in [0, 0.1) is 29.0 Å². The highest BCUT2D eigenvalue weighted by Gasteiger charge is 2.41. The van der Waals surface area contributed by atoms with Crippen molar-refractivity contribution >= 4 is 17.5 Å². The fourth-order valence-corrected chi connectivity index (χ4v) is 6.50. The van der Waals surface area contributed by atoms with Gasteiger partial charge in [0.15, 0.2) is 5.82 Å². The van der Waals surface area contributed by atoms with Gasteiger partial charge in [-0.05, 0) is 89.9 Å². The summed E-state index contributed by atoms with van der Waals surface area (Å²) in [7, 11) is 1.70. The Morgan fingerprint density at radius 2 is 1.90 bits per heavy atom. The molecule has 0 bridgehead atoms.